The van der Waals surface area contributed by atoms with Crippen molar-refractivity contribution in [1.82, 2.24) is 5.43 Å². The lowest BCUT2D eigenvalue weighted by Gasteiger charge is -2.06. The molecule has 0 spiro atoms. The van der Waals surface area contributed by atoms with Gasteiger partial charge in [0.2, 0.25) is 5.91 Å². The first kappa shape index (κ1) is 18.6. The van der Waals surface area contributed by atoms with Crippen LogP contribution in [0.3, 0.4) is 0 Å². The second kappa shape index (κ2) is 9.57. The minimum Gasteiger partial charge on any atom is -0.497 e. The number of amides is 1. The van der Waals surface area contributed by atoms with Gasteiger partial charge in [0, 0.05) is 15.8 Å². The Morgan fingerprint density at radius 1 is 1.21 bits per heavy atom. The topological polar surface area (TPSA) is 50.7 Å². The molecule has 7 heteroatoms. The Bertz CT molecular complexity index is 701. The fourth-order valence-electron chi connectivity index (χ4n) is 1.82. The Labute approximate surface area is 155 Å². The number of thioether (sulfide) groups is 1. The van der Waals surface area contributed by atoms with Crippen LogP contribution in [0.5, 0.6) is 5.75 Å². The molecule has 0 unspecified atom stereocenters. The van der Waals surface area contributed by atoms with Gasteiger partial charge < -0.3 is 4.74 Å². The molecule has 1 N–H and O–H groups in total. The van der Waals surface area contributed by atoms with Crippen molar-refractivity contribution in [2.45, 2.75) is 5.75 Å². The van der Waals surface area contributed by atoms with E-state index in [2.05, 4.69) is 10.5 Å². The van der Waals surface area contributed by atoms with Crippen LogP contribution in [-0.4, -0.2) is 25.0 Å². The van der Waals surface area contributed by atoms with Gasteiger partial charge in [-0.15, -0.1) is 11.8 Å². The number of methoxy groups -OCH3 is 1. The lowest BCUT2D eigenvalue weighted by atomic mass is 10.2. The largest absolute Gasteiger partial charge is 0.497 e. The SMILES string of the molecule is COc1ccc(/C=N\NC(=O)CSCc2c(Cl)cccc2Cl)cc1. The van der Waals surface area contributed by atoms with Crippen LogP contribution in [0.2, 0.25) is 10.0 Å². The summed E-state index contributed by atoms with van der Waals surface area (Å²) < 4.78 is 5.07. The molecule has 0 aliphatic carbocycles. The molecule has 2 aromatic rings. The zero-order chi connectivity index (χ0) is 17.4. The van der Waals surface area contributed by atoms with Crippen LogP contribution in [0.4, 0.5) is 0 Å². The number of benzene rings is 2. The maximum Gasteiger partial charge on any atom is 0.250 e. The van der Waals surface area contributed by atoms with Crippen molar-refractivity contribution in [2.75, 3.05) is 12.9 Å². The molecule has 0 saturated heterocycles. The number of hydrazone groups is 1. The molecule has 0 atom stereocenters. The molecule has 1 amide bonds. The van der Waals surface area contributed by atoms with Crippen LogP contribution in [0.1, 0.15) is 11.1 Å². The van der Waals surface area contributed by atoms with Crippen LogP contribution < -0.4 is 10.2 Å². The average Bonchev–Trinajstić information content (AvgIpc) is 2.58. The van der Waals surface area contributed by atoms with E-state index >= 15 is 0 Å². The molecule has 126 valence electrons. The maximum absolute atomic E-state index is 11.8. The van der Waals surface area contributed by atoms with Crippen LogP contribution in [0.15, 0.2) is 47.6 Å². The number of nitrogens with zero attached hydrogens (tertiary/aromatic N) is 1. The van der Waals surface area contributed by atoms with E-state index in [1.54, 1.807) is 31.5 Å². The smallest absolute Gasteiger partial charge is 0.250 e. The summed E-state index contributed by atoms with van der Waals surface area (Å²) >= 11 is 13.6. The monoisotopic (exact) mass is 382 g/mol. The van der Waals surface area contributed by atoms with Gasteiger partial charge in [0.1, 0.15) is 5.75 Å². The van der Waals surface area contributed by atoms with Crippen molar-refractivity contribution < 1.29 is 9.53 Å². The van der Waals surface area contributed by atoms with Crippen LogP contribution >= 0.6 is 35.0 Å². The summed E-state index contributed by atoms with van der Waals surface area (Å²) in [4.78, 5) is 11.8. The number of carbonyl (C=O) groups excluding carboxylic acids is 1. The number of ether oxygens (including phenoxy) is 1. The van der Waals surface area contributed by atoms with E-state index < -0.39 is 0 Å². The fourth-order valence-corrected chi connectivity index (χ4v) is 3.37. The normalized spacial score (nSPS) is 10.8. The molecule has 4 nitrogen and oxygen atoms in total. The molecule has 2 aromatic carbocycles. The Balaban J connectivity index is 1.76. The Kier molecular flexibility index (Phi) is 7.43. The standard InChI is InChI=1S/C17H16Cl2N2O2S/c1-23-13-7-5-12(6-8-13)9-20-21-17(22)11-24-10-14-15(18)3-2-4-16(14)19/h2-9H,10-11H2,1H3,(H,21,22)/b20-9-. The van der Waals surface area contributed by atoms with Gasteiger partial charge in [0.25, 0.3) is 0 Å². The molecule has 0 aliphatic heterocycles. The second-order valence-electron chi connectivity index (χ2n) is 4.76. The summed E-state index contributed by atoms with van der Waals surface area (Å²) in [6.07, 6.45) is 1.58. The molecular weight excluding hydrogens is 367 g/mol. The number of carbonyl (C=O) groups is 1. The van der Waals surface area contributed by atoms with E-state index in [-0.39, 0.29) is 11.7 Å². The van der Waals surface area contributed by atoms with Crippen LogP contribution in [-0.2, 0) is 10.5 Å². The minimum absolute atomic E-state index is 0.187. The summed E-state index contributed by atoms with van der Waals surface area (Å²) in [7, 11) is 1.61. The number of halogens is 2. The lowest BCUT2D eigenvalue weighted by Crippen LogP contribution is -2.19. The predicted molar refractivity (Wildman–Crippen MR) is 101 cm³/mol. The number of hydrogen-bond acceptors (Lipinski definition) is 4. The van der Waals surface area contributed by atoms with Crippen LogP contribution in [0, 0.1) is 0 Å². The maximum atomic E-state index is 11.8. The molecule has 0 heterocycles. The van der Waals surface area contributed by atoms with Gasteiger partial charge in [0.15, 0.2) is 0 Å². The molecule has 0 aromatic heterocycles. The van der Waals surface area contributed by atoms with Gasteiger partial charge in [-0.25, -0.2) is 5.43 Å². The lowest BCUT2D eigenvalue weighted by molar-refractivity contribution is -0.118. The molecule has 24 heavy (non-hydrogen) atoms. The summed E-state index contributed by atoms with van der Waals surface area (Å²) in [6, 6.07) is 12.7. The van der Waals surface area contributed by atoms with Gasteiger partial charge >= 0.3 is 0 Å². The summed E-state index contributed by atoms with van der Waals surface area (Å²) in [6.45, 7) is 0. The van der Waals surface area contributed by atoms with E-state index in [9.17, 15) is 4.79 Å². The zero-order valence-corrected chi connectivity index (χ0v) is 15.3. The van der Waals surface area contributed by atoms with Gasteiger partial charge in [0.05, 0.1) is 19.1 Å². The number of hydrogen-bond donors (Lipinski definition) is 1. The highest BCUT2D eigenvalue weighted by molar-refractivity contribution is 7.99. The van der Waals surface area contributed by atoms with Crippen molar-refractivity contribution in [1.29, 1.82) is 0 Å². The minimum atomic E-state index is -0.187. The third kappa shape index (κ3) is 5.74. The van der Waals surface area contributed by atoms with Gasteiger partial charge in [-0.2, -0.15) is 5.10 Å². The third-order valence-electron chi connectivity index (χ3n) is 3.06. The van der Waals surface area contributed by atoms with Crippen molar-refractivity contribution in [3.05, 3.63) is 63.6 Å². The summed E-state index contributed by atoms with van der Waals surface area (Å²) in [5, 5.41) is 5.14. The Morgan fingerprint density at radius 2 is 1.88 bits per heavy atom. The van der Waals surface area contributed by atoms with Gasteiger partial charge in [-0.3, -0.25) is 4.79 Å². The highest BCUT2D eigenvalue weighted by Crippen LogP contribution is 2.28. The first-order valence-electron chi connectivity index (χ1n) is 7.06. The molecule has 0 aliphatic rings. The first-order valence-corrected chi connectivity index (χ1v) is 8.98. The number of rotatable bonds is 7. The Morgan fingerprint density at radius 3 is 2.50 bits per heavy atom. The van der Waals surface area contributed by atoms with Crippen LogP contribution in [0.25, 0.3) is 0 Å². The van der Waals surface area contributed by atoms with E-state index in [1.807, 2.05) is 24.3 Å². The summed E-state index contributed by atoms with van der Waals surface area (Å²) in [5.41, 5.74) is 4.19. The highest BCUT2D eigenvalue weighted by atomic mass is 35.5. The molecule has 0 bridgehead atoms. The van der Waals surface area contributed by atoms with E-state index in [4.69, 9.17) is 27.9 Å². The van der Waals surface area contributed by atoms with Crippen molar-refractivity contribution in [2.24, 2.45) is 5.10 Å². The first-order chi connectivity index (χ1) is 11.6. The molecule has 0 fully saturated rings. The quantitative estimate of drug-likeness (QED) is 0.570. The van der Waals surface area contributed by atoms with Gasteiger partial charge in [-0.05, 0) is 47.5 Å². The van der Waals surface area contributed by atoms with E-state index in [0.29, 0.717) is 15.8 Å². The second-order valence-corrected chi connectivity index (χ2v) is 6.56. The van der Waals surface area contributed by atoms with E-state index in [0.717, 1.165) is 16.9 Å². The third-order valence-corrected chi connectivity index (χ3v) is 4.73. The van der Waals surface area contributed by atoms with E-state index in [1.165, 1.54) is 11.8 Å². The molecule has 2 rings (SSSR count). The highest BCUT2D eigenvalue weighted by Gasteiger charge is 2.07. The predicted octanol–water partition coefficient (Wildman–Crippen LogP) is 4.39. The molecular formula is C17H16Cl2N2O2S. The Hall–Kier alpha value is -1.69. The van der Waals surface area contributed by atoms with Crippen molar-refractivity contribution in [3.63, 3.8) is 0 Å². The molecule has 0 saturated carbocycles. The molecule has 0 radical (unpaired) electrons. The number of nitrogens with one attached hydrogen (secondary N) is 1. The van der Waals surface area contributed by atoms with Crippen molar-refractivity contribution >= 4 is 47.1 Å². The average molecular weight is 383 g/mol. The van der Waals surface area contributed by atoms with Crippen molar-refractivity contribution in [3.8, 4) is 5.75 Å². The van der Waals surface area contributed by atoms with Gasteiger partial charge in [-0.1, -0.05) is 29.3 Å². The summed E-state index contributed by atoms with van der Waals surface area (Å²) in [5.74, 6) is 1.41. The zero-order valence-electron chi connectivity index (χ0n) is 13.0. The fraction of sp³-hybridized carbons (Fsp3) is 0.176.